The lowest BCUT2D eigenvalue weighted by molar-refractivity contribution is 1.16. The van der Waals surface area contributed by atoms with Gasteiger partial charge in [0.2, 0.25) is 0 Å². The van der Waals surface area contributed by atoms with E-state index in [0.717, 1.165) is 39.6 Å². The first-order valence-corrected chi connectivity index (χ1v) is 11.1. The van der Waals surface area contributed by atoms with E-state index in [4.69, 9.17) is 0 Å². The number of aryl methyl sites for hydroxylation is 1. The van der Waals surface area contributed by atoms with Crippen LogP contribution in [0.5, 0.6) is 0 Å². The molecular formula is C30H22N4. The minimum atomic E-state index is 0.579. The number of hydrogen-bond donors (Lipinski definition) is 0. The SMILES string of the molecule is Cc1nc(-c2ccccn2)cc(-c2ccc(N(c3ccccc3)c3ccccc3)cc2)c1C#N. The smallest absolute Gasteiger partial charge is 0.102 e. The van der Waals surface area contributed by atoms with E-state index in [-0.39, 0.29) is 0 Å². The highest BCUT2D eigenvalue weighted by Crippen LogP contribution is 2.36. The fourth-order valence-corrected chi connectivity index (χ4v) is 4.08. The fourth-order valence-electron chi connectivity index (χ4n) is 4.08. The van der Waals surface area contributed by atoms with Gasteiger partial charge >= 0.3 is 0 Å². The molecule has 0 bridgehead atoms. The number of para-hydroxylation sites is 2. The van der Waals surface area contributed by atoms with Crippen LogP contribution >= 0.6 is 0 Å². The summed E-state index contributed by atoms with van der Waals surface area (Å²) in [7, 11) is 0. The van der Waals surface area contributed by atoms with Crippen molar-refractivity contribution in [1.29, 1.82) is 5.26 Å². The monoisotopic (exact) mass is 438 g/mol. The van der Waals surface area contributed by atoms with Crippen LogP contribution in [0.1, 0.15) is 11.3 Å². The molecule has 0 aliphatic heterocycles. The number of nitrogens with zero attached hydrogens (tertiary/aromatic N) is 4. The first-order chi connectivity index (χ1) is 16.7. The van der Waals surface area contributed by atoms with Crippen molar-refractivity contribution in [2.45, 2.75) is 6.92 Å². The Labute approximate surface area is 199 Å². The van der Waals surface area contributed by atoms with Crippen LogP contribution in [0.25, 0.3) is 22.5 Å². The van der Waals surface area contributed by atoms with Gasteiger partial charge in [0.05, 0.1) is 22.6 Å². The molecule has 0 spiro atoms. The van der Waals surface area contributed by atoms with Crippen molar-refractivity contribution in [3.63, 3.8) is 0 Å². The predicted molar refractivity (Wildman–Crippen MR) is 137 cm³/mol. The van der Waals surface area contributed by atoms with Crippen molar-refractivity contribution < 1.29 is 0 Å². The molecule has 0 aliphatic rings. The second-order valence-corrected chi connectivity index (χ2v) is 7.90. The molecule has 0 N–H and O–H groups in total. The lowest BCUT2D eigenvalue weighted by Crippen LogP contribution is -2.09. The molecule has 0 amide bonds. The third-order valence-electron chi connectivity index (χ3n) is 5.70. The number of benzene rings is 3. The molecule has 162 valence electrons. The van der Waals surface area contributed by atoms with Crippen LogP contribution in [0.4, 0.5) is 17.1 Å². The van der Waals surface area contributed by atoms with E-state index in [9.17, 15) is 5.26 Å². The van der Waals surface area contributed by atoms with Crippen LogP contribution < -0.4 is 4.90 Å². The summed E-state index contributed by atoms with van der Waals surface area (Å²) in [5.74, 6) is 0. The van der Waals surface area contributed by atoms with E-state index in [1.54, 1.807) is 6.20 Å². The Morgan fingerprint density at radius 3 is 1.82 bits per heavy atom. The van der Waals surface area contributed by atoms with Crippen molar-refractivity contribution in [2.75, 3.05) is 4.90 Å². The highest BCUT2D eigenvalue weighted by atomic mass is 15.1. The van der Waals surface area contributed by atoms with Crippen molar-refractivity contribution in [3.8, 4) is 28.6 Å². The van der Waals surface area contributed by atoms with Gasteiger partial charge in [-0.05, 0) is 67.1 Å². The summed E-state index contributed by atoms with van der Waals surface area (Å²) >= 11 is 0. The Morgan fingerprint density at radius 1 is 0.676 bits per heavy atom. The van der Waals surface area contributed by atoms with E-state index in [1.165, 1.54) is 0 Å². The standard InChI is InChI=1S/C30H22N4/c1-22-28(21-31)27(20-30(33-22)29-14-8-9-19-32-29)23-15-17-26(18-16-23)34(24-10-4-2-5-11-24)25-12-6-3-7-13-25/h2-20H,1H3. The molecule has 4 heteroatoms. The molecule has 3 aromatic carbocycles. The topological polar surface area (TPSA) is 52.8 Å². The molecule has 5 aromatic rings. The molecule has 5 rings (SSSR count). The van der Waals surface area contributed by atoms with Gasteiger partial charge in [0, 0.05) is 28.8 Å². The molecular weight excluding hydrogens is 416 g/mol. The first kappa shape index (κ1) is 21.1. The Morgan fingerprint density at radius 2 is 1.26 bits per heavy atom. The van der Waals surface area contributed by atoms with E-state index in [0.29, 0.717) is 11.3 Å². The van der Waals surface area contributed by atoms with Gasteiger partial charge in [-0.25, -0.2) is 0 Å². The zero-order valence-electron chi connectivity index (χ0n) is 18.8. The predicted octanol–water partition coefficient (Wildman–Crippen LogP) is 7.46. The Kier molecular flexibility index (Phi) is 5.84. The molecule has 2 aromatic heterocycles. The normalized spacial score (nSPS) is 10.5. The van der Waals surface area contributed by atoms with Crippen molar-refractivity contribution in [3.05, 3.63) is 127 Å². The highest BCUT2D eigenvalue weighted by Gasteiger charge is 2.15. The number of nitriles is 1. The summed E-state index contributed by atoms with van der Waals surface area (Å²) in [6.07, 6.45) is 1.75. The van der Waals surface area contributed by atoms with Crippen molar-refractivity contribution >= 4 is 17.1 Å². The quantitative estimate of drug-likeness (QED) is 0.286. The van der Waals surface area contributed by atoms with Gasteiger partial charge in [0.1, 0.15) is 6.07 Å². The van der Waals surface area contributed by atoms with Crippen molar-refractivity contribution in [1.82, 2.24) is 9.97 Å². The number of rotatable bonds is 5. The van der Waals surface area contributed by atoms with Gasteiger partial charge < -0.3 is 4.90 Å². The van der Waals surface area contributed by atoms with Crippen LogP contribution in [-0.4, -0.2) is 9.97 Å². The maximum Gasteiger partial charge on any atom is 0.102 e. The van der Waals surface area contributed by atoms with E-state index in [2.05, 4.69) is 69.5 Å². The van der Waals surface area contributed by atoms with Gasteiger partial charge in [-0.1, -0.05) is 54.6 Å². The molecule has 0 unspecified atom stereocenters. The largest absolute Gasteiger partial charge is 0.311 e. The van der Waals surface area contributed by atoms with Crippen LogP contribution in [0.3, 0.4) is 0 Å². The third-order valence-corrected chi connectivity index (χ3v) is 5.70. The average molecular weight is 439 g/mol. The van der Waals surface area contributed by atoms with E-state index in [1.807, 2.05) is 67.6 Å². The third kappa shape index (κ3) is 4.15. The van der Waals surface area contributed by atoms with Gasteiger partial charge in [0.25, 0.3) is 0 Å². The highest BCUT2D eigenvalue weighted by molar-refractivity contribution is 5.80. The molecule has 0 radical (unpaired) electrons. The lowest BCUT2D eigenvalue weighted by atomic mass is 9.97. The van der Waals surface area contributed by atoms with Gasteiger partial charge in [-0.3, -0.25) is 9.97 Å². The van der Waals surface area contributed by atoms with Gasteiger partial charge in [0.15, 0.2) is 0 Å². The summed E-state index contributed by atoms with van der Waals surface area (Å²) < 4.78 is 0. The molecule has 0 atom stereocenters. The Hall–Kier alpha value is -4.75. The molecule has 4 nitrogen and oxygen atoms in total. The molecule has 0 saturated carbocycles. The molecule has 0 aliphatic carbocycles. The Balaban J connectivity index is 1.59. The molecule has 0 saturated heterocycles. The van der Waals surface area contributed by atoms with Crippen LogP contribution in [-0.2, 0) is 0 Å². The maximum atomic E-state index is 9.85. The van der Waals surface area contributed by atoms with Crippen LogP contribution in [0, 0.1) is 18.3 Å². The zero-order chi connectivity index (χ0) is 23.3. The summed E-state index contributed by atoms with van der Waals surface area (Å²) in [6.45, 7) is 1.87. The first-order valence-electron chi connectivity index (χ1n) is 11.1. The van der Waals surface area contributed by atoms with Gasteiger partial charge in [-0.15, -0.1) is 0 Å². The maximum absolute atomic E-state index is 9.85. The molecule has 34 heavy (non-hydrogen) atoms. The molecule has 2 heterocycles. The van der Waals surface area contributed by atoms with E-state index < -0.39 is 0 Å². The second-order valence-electron chi connectivity index (χ2n) is 7.90. The second kappa shape index (κ2) is 9.40. The zero-order valence-corrected chi connectivity index (χ0v) is 18.8. The number of pyridine rings is 2. The van der Waals surface area contributed by atoms with E-state index >= 15 is 0 Å². The summed E-state index contributed by atoms with van der Waals surface area (Å²) in [5.41, 5.74) is 7.83. The number of hydrogen-bond acceptors (Lipinski definition) is 4. The van der Waals surface area contributed by atoms with Crippen LogP contribution in [0.2, 0.25) is 0 Å². The van der Waals surface area contributed by atoms with Crippen molar-refractivity contribution in [2.24, 2.45) is 0 Å². The fraction of sp³-hybridized carbons (Fsp3) is 0.0333. The van der Waals surface area contributed by atoms with Crippen LogP contribution in [0.15, 0.2) is 115 Å². The summed E-state index contributed by atoms with van der Waals surface area (Å²) in [6, 6.07) is 38.9. The Bertz CT molecular complexity index is 1400. The summed E-state index contributed by atoms with van der Waals surface area (Å²) in [4.78, 5) is 11.3. The number of anilines is 3. The molecule has 0 fully saturated rings. The van der Waals surface area contributed by atoms with Gasteiger partial charge in [-0.2, -0.15) is 5.26 Å². The minimum Gasteiger partial charge on any atom is -0.311 e. The average Bonchev–Trinajstić information content (AvgIpc) is 2.90. The lowest BCUT2D eigenvalue weighted by Gasteiger charge is -2.25. The summed E-state index contributed by atoms with van der Waals surface area (Å²) in [5, 5.41) is 9.85. The number of aromatic nitrogens is 2. The minimum absolute atomic E-state index is 0.579.